The number of nitrogens with zero attached hydrogens (tertiary/aromatic N) is 1. The van der Waals surface area contributed by atoms with Gasteiger partial charge in [0.25, 0.3) is 5.91 Å². The number of carbonyl (C=O) groups is 1. The van der Waals surface area contributed by atoms with Crippen molar-refractivity contribution in [3.8, 4) is 11.5 Å². The number of benzene rings is 2. The molecule has 132 valence electrons. The first kappa shape index (κ1) is 16.7. The summed E-state index contributed by atoms with van der Waals surface area (Å²) in [7, 11) is 3.05. The van der Waals surface area contributed by atoms with Gasteiger partial charge in [0.2, 0.25) is 5.76 Å². The minimum absolute atomic E-state index is 0.0457. The molecule has 26 heavy (non-hydrogen) atoms. The Morgan fingerprint density at radius 3 is 2.69 bits per heavy atom. The standard InChI is InChI=1S/C19H14BrNO5/c1-21-15(9-7-11(20)17(23)13(8-9)25-2)14-16(22)10-5-3-4-6-12(10)26-18(14)19(21)24/h3-8,15,23H,1-2H3/t15-/m1/s1. The number of phenolic OH excluding ortho intramolecular Hbond substituents is 1. The van der Waals surface area contributed by atoms with Crippen molar-refractivity contribution >= 4 is 32.8 Å². The zero-order chi connectivity index (χ0) is 18.6. The number of aromatic hydroxyl groups is 1. The average Bonchev–Trinajstić information content (AvgIpc) is 2.89. The van der Waals surface area contributed by atoms with Gasteiger partial charge in [-0.15, -0.1) is 0 Å². The maximum Gasteiger partial charge on any atom is 0.290 e. The Morgan fingerprint density at radius 1 is 1.23 bits per heavy atom. The van der Waals surface area contributed by atoms with E-state index >= 15 is 0 Å². The quantitative estimate of drug-likeness (QED) is 0.693. The van der Waals surface area contributed by atoms with Gasteiger partial charge in [-0.05, 0) is 45.8 Å². The molecule has 0 saturated carbocycles. The van der Waals surface area contributed by atoms with Crippen LogP contribution >= 0.6 is 15.9 Å². The minimum atomic E-state index is -0.635. The second-order valence-electron chi connectivity index (χ2n) is 6.04. The third-order valence-electron chi connectivity index (χ3n) is 4.59. The number of fused-ring (bicyclic) bond motifs is 2. The molecule has 0 unspecified atom stereocenters. The summed E-state index contributed by atoms with van der Waals surface area (Å²) in [5, 5.41) is 10.5. The molecule has 1 N–H and O–H groups in total. The first-order valence-electron chi connectivity index (χ1n) is 7.83. The molecule has 7 heteroatoms. The van der Waals surface area contributed by atoms with E-state index in [1.165, 1.54) is 12.0 Å². The van der Waals surface area contributed by atoms with Crippen LogP contribution in [0, 0.1) is 0 Å². The Bertz CT molecular complexity index is 1120. The van der Waals surface area contributed by atoms with Crippen molar-refractivity contribution < 1.29 is 19.1 Å². The molecule has 2 heterocycles. The lowest BCUT2D eigenvalue weighted by atomic mass is 9.98. The summed E-state index contributed by atoms with van der Waals surface area (Å²) in [5.41, 5.74) is 1.05. The summed E-state index contributed by atoms with van der Waals surface area (Å²) in [6, 6.07) is 9.48. The monoisotopic (exact) mass is 415 g/mol. The zero-order valence-electron chi connectivity index (χ0n) is 13.9. The van der Waals surface area contributed by atoms with Gasteiger partial charge in [0, 0.05) is 7.05 Å². The molecule has 1 amide bonds. The molecule has 0 radical (unpaired) electrons. The van der Waals surface area contributed by atoms with E-state index in [4.69, 9.17) is 9.15 Å². The molecule has 3 aromatic rings. The molecule has 2 aromatic carbocycles. The number of carbonyl (C=O) groups excluding carboxylic acids is 1. The van der Waals surface area contributed by atoms with Crippen molar-refractivity contribution in [3.05, 3.63) is 68.0 Å². The summed E-state index contributed by atoms with van der Waals surface area (Å²) < 4.78 is 11.3. The molecule has 0 bridgehead atoms. The average molecular weight is 416 g/mol. The number of hydrogen-bond donors (Lipinski definition) is 1. The Balaban J connectivity index is 2.02. The molecular weight excluding hydrogens is 402 g/mol. The van der Waals surface area contributed by atoms with Gasteiger partial charge in [0.15, 0.2) is 16.9 Å². The minimum Gasteiger partial charge on any atom is -0.503 e. The van der Waals surface area contributed by atoms with E-state index in [9.17, 15) is 14.7 Å². The number of methoxy groups -OCH3 is 1. The molecule has 6 nitrogen and oxygen atoms in total. The summed E-state index contributed by atoms with van der Waals surface area (Å²) in [6.45, 7) is 0. The molecule has 4 rings (SSSR count). The lowest BCUT2D eigenvalue weighted by Gasteiger charge is -2.21. The molecule has 0 fully saturated rings. The van der Waals surface area contributed by atoms with Crippen LogP contribution < -0.4 is 10.2 Å². The van der Waals surface area contributed by atoms with E-state index in [1.807, 2.05) is 0 Å². The van der Waals surface area contributed by atoms with E-state index in [1.54, 1.807) is 43.4 Å². The first-order chi connectivity index (χ1) is 12.4. The molecule has 0 spiro atoms. The summed E-state index contributed by atoms with van der Waals surface area (Å²) in [4.78, 5) is 27.2. The maximum atomic E-state index is 13.1. The van der Waals surface area contributed by atoms with Gasteiger partial charge < -0.3 is 19.2 Å². The fraction of sp³-hybridized carbons (Fsp3) is 0.158. The Kier molecular flexibility index (Phi) is 3.77. The van der Waals surface area contributed by atoms with Crippen molar-refractivity contribution in [3.63, 3.8) is 0 Å². The largest absolute Gasteiger partial charge is 0.503 e. The molecule has 1 atom stereocenters. The van der Waals surface area contributed by atoms with Crippen molar-refractivity contribution in [2.75, 3.05) is 14.2 Å². The van der Waals surface area contributed by atoms with Crippen LogP contribution in [-0.4, -0.2) is 30.1 Å². The van der Waals surface area contributed by atoms with Crippen molar-refractivity contribution in [2.24, 2.45) is 0 Å². The smallest absolute Gasteiger partial charge is 0.290 e. The molecule has 1 aliphatic heterocycles. The van der Waals surface area contributed by atoms with Crippen molar-refractivity contribution in [1.82, 2.24) is 4.90 Å². The van der Waals surface area contributed by atoms with Crippen LogP contribution in [0.4, 0.5) is 0 Å². The molecule has 0 saturated heterocycles. The highest BCUT2D eigenvalue weighted by molar-refractivity contribution is 9.10. The molecule has 1 aliphatic rings. The van der Waals surface area contributed by atoms with E-state index in [0.29, 0.717) is 21.0 Å². The zero-order valence-corrected chi connectivity index (χ0v) is 15.5. The number of amides is 1. The van der Waals surface area contributed by atoms with Crippen LogP contribution in [-0.2, 0) is 0 Å². The number of rotatable bonds is 2. The molecule has 1 aromatic heterocycles. The highest BCUT2D eigenvalue weighted by atomic mass is 79.9. The van der Waals surface area contributed by atoms with E-state index in [0.717, 1.165) is 0 Å². The summed E-state index contributed by atoms with van der Waals surface area (Å²) >= 11 is 3.28. The van der Waals surface area contributed by atoms with E-state index in [2.05, 4.69) is 15.9 Å². The highest BCUT2D eigenvalue weighted by Gasteiger charge is 2.41. The first-order valence-corrected chi connectivity index (χ1v) is 8.62. The van der Waals surface area contributed by atoms with Gasteiger partial charge in [-0.1, -0.05) is 12.1 Å². The third-order valence-corrected chi connectivity index (χ3v) is 5.20. The van der Waals surface area contributed by atoms with Crippen LogP contribution in [0.2, 0.25) is 0 Å². The van der Waals surface area contributed by atoms with Crippen LogP contribution in [0.15, 0.2) is 50.1 Å². The number of phenols is 1. The van der Waals surface area contributed by atoms with Gasteiger partial charge in [0.05, 0.1) is 28.6 Å². The highest BCUT2D eigenvalue weighted by Crippen LogP contribution is 2.42. The van der Waals surface area contributed by atoms with Gasteiger partial charge in [-0.3, -0.25) is 9.59 Å². The number of halogens is 1. The molecule has 0 aliphatic carbocycles. The third kappa shape index (κ3) is 2.24. The second kappa shape index (κ2) is 5.88. The van der Waals surface area contributed by atoms with Crippen LogP contribution in [0.25, 0.3) is 11.0 Å². The van der Waals surface area contributed by atoms with Crippen LogP contribution in [0.1, 0.15) is 27.7 Å². The Labute approximate surface area is 156 Å². The van der Waals surface area contributed by atoms with Crippen molar-refractivity contribution in [2.45, 2.75) is 6.04 Å². The van der Waals surface area contributed by atoms with Gasteiger partial charge in [-0.25, -0.2) is 0 Å². The SMILES string of the molecule is COc1cc([C@@H]2c3c(oc4ccccc4c3=O)C(=O)N2C)cc(Br)c1O. The van der Waals surface area contributed by atoms with Crippen LogP contribution in [0.5, 0.6) is 11.5 Å². The summed E-state index contributed by atoms with van der Waals surface area (Å²) in [5.74, 6) is -0.122. The Morgan fingerprint density at radius 2 is 1.96 bits per heavy atom. The normalized spacial score (nSPS) is 16.2. The van der Waals surface area contributed by atoms with Gasteiger partial charge >= 0.3 is 0 Å². The predicted octanol–water partition coefficient (Wildman–Crippen LogP) is 3.44. The fourth-order valence-corrected chi connectivity index (χ4v) is 3.79. The van der Waals surface area contributed by atoms with E-state index in [-0.39, 0.29) is 34.2 Å². The fourth-order valence-electron chi connectivity index (χ4n) is 3.33. The molecular formula is C19H14BrNO5. The maximum absolute atomic E-state index is 13.1. The number of ether oxygens (including phenoxy) is 1. The number of para-hydroxylation sites is 1. The Hall–Kier alpha value is -2.80. The van der Waals surface area contributed by atoms with Gasteiger partial charge in [-0.2, -0.15) is 0 Å². The second-order valence-corrected chi connectivity index (χ2v) is 6.90. The van der Waals surface area contributed by atoms with Crippen LogP contribution in [0.3, 0.4) is 0 Å². The topological polar surface area (TPSA) is 80.0 Å². The predicted molar refractivity (Wildman–Crippen MR) is 98.8 cm³/mol. The van der Waals surface area contributed by atoms with E-state index < -0.39 is 6.04 Å². The summed E-state index contributed by atoms with van der Waals surface area (Å²) in [6.07, 6.45) is 0. The lowest BCUT2D eigenvalue weighted by molar-refractivity contribution is 0.0771. The number of hydrogen-bond acceptors (Lipinski definition) is 5. The van der Waals surface area contributed by atoms with Gasteiger partial charge in [0.1, 0.15) is 5.58 Å². The van der Waals surface area contributed by atoms with Crippen molar-refractivity contribution in [1.29, 1.82) is 0 Å². The lowest BCUT2D eigenvalue weighted by Crippen LogP contribution is -2.25.